The molecule has 27 heavy (non-hydrogen) atoms. The van der Waals surface area contributed by atoms with E-state index in [1.807, 2.05) is 12.1 Å². The maximum absolute atomic E-state index is 11.0. The lowest BCUT2D eigenvalue weighted by molar-refractivity contribution is -0.384. The van der Waals surface area contributed by atoms with E-state index in [4.69, 9.17) is 0 Å². The number of benzene rings is 2. The second-order valence-corrected chi connectivity index (χ2v) is 8.96. The van der Waals surface area contributed by atoms with Gasteiger partial charge in [-0.05, 0) is 29.0 Å². The first kappa shape index (κ1) is 18.9. The maximum Gasteiger partial charge on any atom is 0.270 e. The fraction of sp³-hybridized carbons (Fsp3) is 0.381. The van der Waals surface area contributed by atoms with Crippen LogP contribution in [0.25, 0.3) is 16.6 Å². The van der Waals surface area contributed by atoms with E-state index in [1.54, 1.807) is 16.9 Å². The Bertz CT molecular complexity index is 1000. The van der Waals surface area contributed by atoms with Crippen LogP contribution in [0.5, 0.6) is 5.75 Å². The van der Waals surface area contributed by atoms with Gasteiger partial charge in [0.25, 0.3) is 5.69 Å². The summed E-state index contributed by atoms with van der Waals surface area (Å²) < 4.78 is 1.72. The molecule has 0 fully saturated rings. The number of fused-ring (bicyclic) bond motifs is 1. The normalized spacial score (nSPS) is 12.5. The quantitative estimate of drug-likeness (QED) is 0.496. The highest BCUT2D eigenvalue weighted by Crippen LogP contribution is 2.40. The van der Waals surface area contributed by atoms with E-state index in [2.05, 4.69) is 46.6 Å². The number of rotatable bonds is 2. The summed E-state index contributed by atoms with van der Waals surface area (Å²) in [5.74, 6) is 0.311. The Morgan fingerprint density at radius 1 is 1.00 bits per heavy atom. The van der Waals surface area contributed by atoms with Crippen LogP contribution in [0.3, 0.4) is 0 Å². The number of aromatic hydroxyl groups is 1. The Morgan fingerprint density at radius 3 is 2.04 bits per heavy atom. The summed E-state index contributed by atoms with van der Waals surface area (Å²) in [5, 5.41) is 27.2. The molecule has 1 heterocycles. The van der Waals surface area contributed by atoms with Crippen LogP contribution in [-0.2, 0) is 10.8 Å². The van der Waals surface area contributed by atoms with E-state index in [1.165, 1.54) is 12.1 Å². The number of hydrogen-bond donors (Lipinski definition) is 1. The Balaban J connectivity index is 2.24. The van der Waals surface area contributed by atoms with Gasteiger partial charge in [0.15, 0.2) is 0 Å². The van der Waals surface area contributed by atoms with Crippen LogP contribution >= 0.6 is 0 Å². The number of nitro groups is 1. The van der Waals surface area contributed by atoms with Crippen molar-refractivity contribution in [2.45, 2.75) is 52.4 Å². The largest absolute Gasteiger partial charge is 0.507 e. The molecule has 2 aromatic carbocycles. The molecule has 1 N–H and O–H groups in total. The highest BCUT2D eigenvalue weighted by atomic mass is 16.6. The predicted molar refractivity (Wildman–Crippen MR) is 107 cm³/mol. The Labute approximate surface area is 158 Å². The average molecular weight is 367 g/mol. The minimum absolute atomic E-state index is 0.0403. The predicted octanol–water partition coefficient (Wildman–Crippen LogP) is 5.23. The van der Waals surface area contributed by atoms with Crippen molar-refractivity contribution in [2.75, 3.05) is 0 Å². The maximum atomic E-state index is 11.0. The molecule has 0 radical (unpaired) electrons. The lowest BCUT2D eigenvalue weighted by Gasteiger charge is -2.28. The zero-order valence-corrected chi connectivity index (χ0v) is 16.6. The van der Waals surface area contributed by atoms with Crippen LogP contribution in [0.4, 0.5) is 5.69 Å². The van der Waals surface area contributed by atoms with E-state index in [9.17, 15) is 15.2 Å². The molecule has 0 bridgehead atoms. The minimum Gasteiger partial charge on any atom is -0.507 e. The molecular formula is C21H25N3O3. The zero-order valence-electron chi connectivity index (χ0n) is 16.6. The second kappa shape index (κ2) is 6.08. The Kier molecular flexibility index (Phi) is 4.25. The van der Waals surface area contributed by atoms with Gasteiger partial charge in [-0.2, -0.15) is 5.10 Å². The summed E-state index contributed by atoms with van der Waals surface area (Å²) >= 11 is 0. The molecule has 0 saturated carbocycles. The van der Waals surface area contributed by atoms with Crippen molar-refractivity contribution in [1.82, 2.24) is 9.78 Å². The van der Waals surface area contributed by atoms with Gasteiger partial charge in [0, 0.05) is 34.8 Å². The number of nitrogens with zero attached hydrogens (tertiary/aromatic N) is 3. The van der Waals surface area contributed by atoms with Crippen molar-refractivity contribution in [2.24, 2.45) is 0 Å². The zero-order chi connectivity index (χ0) is 20.1. The van der Waals surface area contributed by atoms with Gasteiger partial charge >= 0.3 is 0 Å². The fourth-order valence-corrected chi connectivity index (χ4v) is 3.15. The lowest BCUT2D eigenvalue weighted by atomic mass is 9.79. The number of phenols is 1. The monoisotopic (exact) mass is 367 g/mol. The van der Waals surface area contributed by atoms with E-state index in [0.717, 1.165) is 16.8 Å². The number of phenolic OH excluding ortho intramolecular Hbond substituents is 1. The van der Waals surface area contributed by atoms with Crippen molar-refractivity contribution in [1.29, 1.82) is 0 Å². The molecule has 0 unspecified atom stereocenters. The highest BCUT2D eigenvalue weighted by Gasteiger charge is 2.27. The van der Waals surface area contributed by atoms with E-state index >= 15 is 0 Å². The van der Waals surface area contributed by atoms with Gasteiger partial charge in [0.1, 0.15) is 5.75 Å². The molecule has 0 spiro atoms. The summed E-state index contributed by atoms with van der Waals surface area (Å²) in [6.45, 7) is 12.3. The van der Waals surface area contributed by atoms with Gasteiger partial charge < -0.3 is 5.11 Å². The third-order valence-corrected chi connectivity index (χ3v) is 4.67. The molecule has 3 aromatic rings. The van der Waals surface area contributed by atoms with E-state index < -0.39 is 4.92 Å². The lowest BCUT2D eigenvalue weighted by Crippen LogP contribution is -2.18. The Morgan fingerprint density at radius 2 is 1.56 bits per heavy atom. The molecule has 0 atom stereocenters. The van der Waals surface area contributed by atoms with Gasteiger partial charge in [-0.25, -0.2) is 4.68 Å². The molecule has 0 saturated heterocycles. The first-order chi connectivity index (χ1) is 12.4. The SMILES string of the molecule is CC(C)(C)c1cc(-n2cc3cc([N+](=O)[O-])ccc3n2)cc(C(C)(C)C)c1O. The third-order valence-electron chi connectivity index (χ3n) is 4.67. The van der Waals surface area contributed by atoms with Crippen molar-refractivity contribution in [3.8, 4) is 11.4 Å². The summed E-state index contributed by atoms with van der Waals surface area (Å²) in [7, 11) is 0. The highest BCUT2D eigenvalue weighted by molar-refractivity contribution is 5.81. The first-order valence-corrected chi connectivity index (χ1v) is 8.90. The van der Waals surface area contributed by atoms with Crippen LogP contribution in [0, 0.1) is 10.1 Å². The van der Waals surface area contributed by atoms with Crippen LogP contribution in [0.1, 0.15) is 52.7 Å². The molecule has 3 rings (SSSR count). The van der Waals surface area contributed by atoms with Crippen LogP contribution in [0.15, 0.2) is 36.5 Å². The molecule has 142 valence electrons. The standard InChI is InChI=1S/C21H25N3O3/c1-20(2,3)16-10-15(11-17(19(16)25)21(4,5)6)23-12-13-9-14(24(26)27)7-8-18(13)22-23/h7-12,25H,1-6H3. The van der Waals surface area contributed by atoms with Crippen molar-refractivity contribution in [3.63, 3.8) is 0 Å². The van der Waals surface area contributed by atoms with Crippen LogP contribution < -0.4 is 0 Å². The average Bonchev–Trinajstić information content (AvgIpc) is 2.95. The van der Waals surface area contributed by atoms with E-state index in [-0.39, 0.29) is 16.5 Å². The molecule has 6 heteroatoms. The number of hydrogen-bond acceptors (Lipinski definition) is 4. The summed E-state index contributed by atoms with van der Waals surface area (Å²) in [5.41, 5.74) is 2.74. The first-order valence-electron chi connectivity index (χ1n) is 8.90. The number of non-ortho nitro benzene ring substituents is 1. The summed E-state index contributed by atoms with van der Waals surface area (Å²) in [6, 6.07) is 8.50. The molecule has 0 aliphatic carbocycles. The molecule has 0 aliphatic heterocycles. The smallest absolute Gasteiger partial charge is 0.270 e. The fourth-order valence-electron chi connectivity index (χ4n) is 3.15. The van der Waals surface area contributed by atoms with Gasteiger partial charge in [0.2, 0.25) is 0 Å². The van der Waals surface area contributed by atoms with Crippen molar-refractivity contribution >= 4 is 16.6 Å². The third kappa shape index (κ3) is 3.52. The van der Waals surface area contributed by atoms with Crippen molar-refractivity contribution < 1.29 is 10.0 Å². The van der Waals surface area contributed by atoms with Gasteiger partial charge in [0.05, 0.1) is 16.1 Å². The van der Waals surface area contributed by atoms with Crippen LogP contribution in [-0.4, -0.2) is 19.8 Å². The number of nitro benzene ring substituents is 1. The number of aromatic nitrogens is 2. The van der Waals surface area contributed by atoms with Crippen LogP contribution in [0.2, 0.25) is 0 Å². The topological polar surface area (TPSA) is 81.2 Å². The molecule has 0 aliphatic rings. The summed E-state index contributed by atoms with van der Waals surface area (Å²) in [4.78, 5) is 10.6. The molecular weight excluding hydrogens is 342 g/mol. The molecule has 6 nitrogen and oxygen atoms in total. The minimum atomic E-state index is -0.410. The van der Waals surface area contributed by atoms with Gasteiger partial charge in [-0.3, -0.25) is 10.1 Å². The van der Waals surface area contributed by atoms with Crippen molar-refractivity contribution in [3.05, 3.63) is 57.8 Å². The van der Waals surface area contributed by atoms with Gasteiger partial charge in [-0.15, -0.1) is 0 Å². The molecule has 1 aromatic heterocycles. The molecule has 0 amide bonds. The van der Waals surface area contributed by atoms with Gasteiger partial charge in [-0.1, -0.05) is 41.5 Å². The van der Waals surface area contributed by atoms with E-state index in [0.29, 0.717) is 16.7 Å². The second-order valence-electron chi connectivity index (χ2n) is 8.96. The summed E-state index contributed by atoms with van der Waals surface area (Å²) in [6.07, 6.45) is 1.79. The Hall–Kier alpha value is -2.89.